The number of anilines is 1. The molecule has 0 aliphatic heterocycles. The van der Waals surface area contributed by atoms with E-state index in [4.69, 9.17) is 25.9 Å². The van der Waals surface area contributed by atoms with Gasteiger partial charge in [-0.1, -0.05) is 47.5 Å². The first kappa shape index (κ1) is 25.4. The van der Waals surface area contributed by atoms with Gasteiger partial charge < -0.3 is 15.4 Å². The van der Waals surface area contributed by atoms with Gasteiger partial charge in [0.2, 0.25) is 0 Å². The maximum absolute atomic E-state index is 12.0. The largest absolute Gasteiger partial charge is 0.497 e. The Hall–Kier alpha value is -3.60. The van der Waals surface area contributed by atoms with Crippen molar-refractivity contribution in [1.82, 2.24) is 5.32 Å². The van der Waals surface area contributed by atoms with Gasteiger partial charge in [-0.3, -0.25) is 4.79 Å². The number of nitrogens with one attached hydrogen (secondary N) is 2. The van der Waals surface area contributed by atoms with E-state index < -0.39 is 0 Å². The first-order valence-corrected chi connectivity index (χ1v) is 9.71. The minimum absolute atomic E-state index is 0.0907. The summed E-state index contributed by atoms with van der Waals surface area (Å²) in [5.41, 5.74) is 3.83. The fraction of sp³-hybridized carbons (Fsp3) is 0.167. The number of rotatable bonds is 5. The summed E-state index contributed by atoms with van der Waals surface area (Å²) >= 11 is 5.81. The predicted molar refractivity (Wildman–Crippen MR) is 121 cm³/mol. The van der Waals surface area contributed by atoms with E-state index in [0.717, 1.165) is 17.0 Å². The Morgan fingerprint density at radius 1 is 1.00 bits per heavy atom. The second kappa shape index (κ2) is 14.4. The third kappa shape index (κ3) is 10.1. The molecule has 31 heavy (non-hydrogen) atoms. The molecule has 0 unspecified atom stereocenters. The Kier molecular flexibility index (Phi) is 11.8. The van der Waals surface area contributed by atoms with E-state index in [-0.39, 0.29) is 12.1 Å². The van der Waals surface area contributed by atoms with Crippen LogP contribution in [-0.4, -0.2) is 26.2 Å². The van der Waals surface area contributed by atoms with Crippen molar-refractivity contribution in [1.29, 1.82) is 0 Å². The van der Waals surface area contributed by atoms with Crippen LogP contribution in [0.5, 0.6) is 5.75 Å². The molecule has 3 aromatic rings. The van der Waals surface area contributed by atoms with E-state index in [1.165, 1.54) is 5.56 Å². The van der Waals surface area contributed by atoms with Crippen LogP contribution >= 0.6 is 11.6 Å². The Balaban J connectivity index is 0.000000333. The van der Waals surface area contributed by atoms with Gasteiger partial charge in [-0.2, -0.15) is 9.59 Å². The van der Waals surface area contributed by atoms with Gasteiger partial charge >= 0.3 is 6.15 Å². The molecule has 0 saturated carbocycles. The second-order valence-electron chi connectivity index (χ2n) is 6.24. The maximum Gasteiger partial charge on any atom is 0.373 e. The third-order valence-electron chi connectivity index (χ3n) is 4.04. The van der Waals surface area contributed by atoms with Crippen LogP contribution in [-0.2, 0) is 16.1 Å². The van der Waals surface area contributed by atoms with Crippen molar-refractivity contribution in [3.05, 3.63) is 94.5 Å². The average molecular weight is 441 g/mol. The summed E-state index contributed by atoms with van der Waals surface area (Å²) in [6.45, 7) is 2.54. The molecule has 0 atom stereocenters. The highest BCUT2D eigenvalue weighted by Gasteiger charge is 2.05. The standard InChI is InChI=1S/C15H15ClN2O.C8H10O.CO2/c1-17-14-4-2-3-12(9-14)15(19)18-10-11-5-7-13(16)8-6-11;1-7-3-5-8(9-2)6-4-7;2-1-3/h2-9,17H,10H2,1H3,(H,18,19);3-6H,1-2H3;. The summed E-state index contributed by atoms with van der Waals surface area (Å²) in [5, 5.41) is 6.58. The van der Waals surface area contributed by atoms with Crippen LogP contribution in [0, 0.1) is 6.92 Å². The topological polar surface area (TPSA) is 84.5 Å². The molecule has 0 heterocycles. The average Bonchev–Trinajstić information content (AvgIpc) is 2.80. The normalized spacial score (nSPS) is 9.03. The van der Waals surface area contributed by atoms with E-state index in [9.17, 15) is 4.79 Å². The molecule has 2 N–H and O–H groups in total. The van der Waals surface area contributed by atoms with Crippen molar-refractivity contribution in [2.45, 2.75) is 13.5 Å². The lowest BCUT2D eigenvalue weighted by Gasteiger charge is -2.07. The minimum atomic E-state index is -0.0907. The monoisotopic (exact) mass is 440 g/mol. The summed E-state index contributed by atoms with van der Waals surface area (Å²) in [7, 11) is 3.50. The Morgan fingerprint density at radius 3 is 2.16 bits per heavy atom. The summed E-state index contributed by atoms with van der Waals surface area (Å²) in [6.07, 6.45) is 0.250. The van der Waals surface area contributed by atoms with E-state index in [1.54, 1.807) is 13.2 Å². The van der Waals surface area contributed by atoms with Crippen molar-refractivity contribution in [3.8, 4) is 5.75 Å². The van der Waals surface area contributed by atoms with E-state index in [2.05, 4.69) is 17.6 Å². The number of hydrogen-bond donors (Lipinski definition) is 2. The van der Waals surface area contributed by atoms with Gasteiger partial charge in [-0.25, -0.2) is 0 Å². The highest BCUT2D eigenvalue weighted by atomic mass is 35.5. The maximum atomic E-state index is 12.0. The highest BCUT2D eigenvalue weighted by molar-refractivity contribution is 6.30. The van der Waals surface area contributed by atoms with E-state index in [1.807, 2.05) is 73.8 Å². The molecule has 0 aliphatic carbocycles. The van der Waals surface area contributed by atoms with Gasteiger partial charge in [-0.05, 0) is 55.0 Å². The zero-order valence-electron chi connectivity index (χ0n) is 17.6. The van der Waals surface area contributed by atoms with Gasteiger partial charge in [0, 0.05) is 29.9 Å². The highest BCUT2D eigenvalue weighted by Crippen LogP contribution is 2.12. The molecule has 0 spiro atoms. The summed E-state index contributed by atoms with van der Waals surface area (Å²) in [6, 6.07) is 22.7. The fourth-order valence-electron chi connectivity index (χ4n) is 2.38. The zero-order valence-corrected chi connectivity index (χ0v) is 18.4. The van der Waals surface area contributed by atoms with Crippen LogP contribution in [0.3, 0.4) is 0 Å². The molecule has 0 aliphatic rings. The van der Waals surface area contributed by atoms with Gasteiger partial charge in [0.25, 0.3) is 5.91 Å². The predicted octanol–water partition coefficient (Wildman–Crippen LogP) is 4.73. The van der Waals surface area contributed by atoms with Crippen LogP contribution in [0.2, 0.25) is 5.02 Å². The molecule has 6 nitrogen and oxygen atoms in total. The van der Waals surface area contributed by atoms with Crippen LogP contribution in [0.15, 0.2) is 72.8 Å². The zero-order chi connectivity index (χ0) is 23.1. The quantitative estimate of drug-likeness (QED) is 0.599. The lowest BCUT2D eigenvalue weighted by Crippen LogP contribution is -2.22. The number of carbonyl (C=O) groups is 1. The van der Waals surface area contributed by atoms with Crippen molar-refractivity contribution < 1.29 is 19.1 Å². The second-order valence-corrected chi connectivity index (χ2v) is 6.68. The van der Waals surface area contributed by atoms with Crippen molar-refractivity contribution in [2.24, 2.45) is 0 Å². The number of hydrogen-bond acceptors (Lipinski definition) is 5. The molecule has 0 fully saturated rings. The smallest absolute Gasteiger partial charge is 0.373 e. The molecule has 0 aromatic heterocycles. The van der Waals surface area contributed by atoms with Crippen molar-refractivity contribution in [2.75, 3.05) is 19.5 Å². The van der Waals surface area contributed by atoms with Crippen LogP contribution < -0.4 is 15.4 Å². The van der Waals surface area contributed by atoms with E-state index >= 15 is 0 Å². The minimum Gasteiger partial charge on any atom is -0.497 e. The third-order valence-corrected chi connectivity index (χ3v) is 4.29. The number of benzene rings is 3. The van der Waals surface area contributed by atoms with Crippen molar-refractivity contribution in [3.63, 3.8) is 0 Å². The van der Waals surface area contributed by atoms with Gasteiger partial charge in [0.15, 0.2) is 0 Å². The number of ether oxygens (including phenoxy) is 1. The number of aryl methyl sites for hydroxylation is 1. The van der Waals surface area contributed by atoms with Crippen molar-refractivity contribution >= 4 is 29.3 Å². The molecule has 3 aromatic carbocycles. The molecule has 7 heteroatoms. The first-order valence-electron chi connectivity index (χ1n) is 9.33. The Labute approximate surface area is 187 Å². The molecular weight excluding hydrogens is 416 g/mol. The summed E-state index contributed by atoms with van der Waals surface area (Å²) in [4.78, 5) is 28.2. The van der Waals surface area contributed by atoms with Crippen LogP contribution in [0.25, 0.3) is 0 Å². The van der Waals surface area contributed by atoms with Crippen LogP contribution in [0.1, 0.15) is 21.5 Å². The first-order chi connectivity index (χ1) is 14.9. The summed E-state index contributed by atoms with van der Waals surface area (Å²) < 4.78 is 4.97. The van der Waals surface area contributed by atoms with Crippen LogP contribution in [0.4, 0.5) is 5.69 Å². The van der Waals surface area contributed by atoms with Gasteiger partial charge in [0.1, 0.15) is 5.75 Å². The molecule has 1 amide bonds. The molecule has 0 saturated heterocycles. The fourth-order valence-corrected chi connectivity index (χ4v) is 2.50. The van der Waals surface area contributed by atoms with Gasteiger partial charge in [0.05, 0.1) is 7.11 Å². The molecule has 0 bridgehead atoms. The molecule has 3 rings (SSSR count). The lowest BCUT2D eigenvalue weighted by atomic mass is 10.1. The lowest BCUT2D eigenvalue weighted by molar-refractivity contribution is -0.191. The SMILES string of the molecule is CNc1cccc(C(=O)NCc2ccc(Cl)cc2)c1.COc1ccc(C)cc1.O=C=O. The molecule has 0 radical (unpaired) electrons. The molecule has 162 valence electrons. The number of amides is 1. The van der Waals surface area contributed by atoms with E-state index in [0.29, 0.717) is 17.1 Å². The van der Waals surface area contributed by atoms with Gasteiger partial charge in [-0.15, -0.1) is 0 Å². The number of carbonyl (C=O) groups excluding carboxylic acids is 3. The molecular formula is C24H25ClN2O4. The Bertz CT molecular complexity index is 968. The number of halogens is 1. The number of methoxy groups -OCH3 is 1. The Morgan fingerprint density at radius 2 is 1.61 bits per heavy atom. The summed E-state index contributed by atoms with van der Waals surface area (Å²) in [5.74, 6) is 0.827.